The van der Waals surface area contributed by atoms with Crippen LogP contribution in [0, 0.1) is 0 Å². The Morgan fingerprint density at radius 1 is 1.12 bits per heavy atom. The number of carbonyl (C=O) groups is 4. The molecule has 2 aromatic heterocycles. The Kier molecular flexibility index (Phi) is 4.93. The predicted octanol–water partition coefficient (Wildman–Crippen LogP) is 0.877. The number of amides is 3. The number of rotatable bonds is 4. The third-order valence-electron chi connectivity index (χ3n) is 5.70. The maximum atomic E-state index is 13.0. The zero-order chi connectivity index (χ0) is 23.1. The molecule has 1 N–H and O–H groups in total. The van der Waals surface area contributed by atoms with Gasteiger partial charge < -0.3 is 9.64 Å². The lowest BCUT2D eigenvalue weighted by atomic mass is 10.0. The standard InChI is InChI=1S/C22H18N6O5/c1-33-22(32)15-6-3-5-14(23-15)16-11-28(26-25-16)17-7-2-4-12-13(17)10-27(21(12)31)18-8-9-19(29)24-20(18)30/h2-7,11,18H,8-10H2,1H3,(H,24,29,30). The molecule has 1 unspecified atom stereocenters. The van der Waals surface area contributed by atoms with Gasteiger partial charge in [0.05, 0.1) is 24.7 Å². The van der Waals surface area contributed by atoms with Crippen molar-refractivity contribution in [3.8, 4) is 17.1 Å². The number of nitrogens with zero attached hydrogens (tertiary/aromatic N) is 5. The van der Waals surface area contributed by atoms with Crippen molar-refractivity contribution in [2.75, 3.05) is 7.11 Å². The molecule has 1 atom stereocenters. The molecule has 1 fully saturated rings. The van der Waals surface area contributed by atoms with E-state index in [0.717, 1.165) is 0 Å². The van der Waals surface area contributed by atoms with E-state index in [-0.39, 0.29) is 36.9 Å². The van der Waals surface area contributed by atoms with Crippen LogP contribution < -0.4 is 5.32 Å². The van der Waals surface area contributed by atoms with Crippen molar-refractivity contribution in [3.63, 3.8) is 0 Å². The van der Waals surface area contributed by atoms with Crippen molar-refractivity contribution in [1.82, 2.24) is 30.2 Å². The molecule has 5 rings (SSSR count). The van der Waals surface area contributed by atoms with E-state index < -0.39 is 17.9 Å². The number of ether oxygens (including phenoxy) is 1. The summed E-state index contributed by atoms with van der Waals surface area (Å²) in [5.41, 5.74) is 2.84. The van der Waals surface area contributed by atoms with Crippen LogP contribution in [0.2, 0.25) is 0 Å². The fourth-order valence-corrected chi connectivity index (χ4v) is 4.08. The maximum Gasteiger partial charge on any atom is 0.356 e. The highest BCUT2D eigenvalue weighted by molar-refractivity contribution is 6.05. The Hall–Kier alpha value is -4.41. The van der Waals surface area contributed by atoms with Crippen molar-refractivity contribution in [1.29, 1.82) is 0 Å². The minimum absolute atomic E-state index is 0.149. The molecule has 1 aromatic carbocycles. The third-order valence-corrected chi connectivity index (χ3v) is 5.70. The third kappa shape index (κ3) is 3.53. The van der Waals surface area contributed by atoms with Gasteiger partial charge in [-0.3, -0.25) is 19.7 Å². The minimum atomic E-state index is -0.702. The molecule has 4 heterocycles. The Balaban J connectivity index is 1.46. The van der Waals surface area contributed by atoms with Crippen LogP contribution in [0.25, 0.3) is 17.1 Å². The molecule has 0 radical (unpaired) electrons. The molecule has 2 aliphatic heterocycles. The first-order valence-corrected chi connectivity index (χ1v) is 10.2. The van der Waals surface area contributed by atoms with E-state index in [1.807, 2.05) is 0 Å². The van der Waals surface area contributed by atoms with Crippen LogP contribution in [0.15, 0.2) is 42.6 Å². The summed E-state index contributed by atoms with van der Waals surface area (Å²) >= 11 is 0. The second-order valence-electron chi connectivity index (χ2n) is 7.65. The fraction of sp³-hybridized carbons (Fsp3) is 0.227. The highest BCUT2D eigenvalue weighted by atomic mass is 16.5. The number of piperidine rings is 1. The lowest BCUT2D eigenvalue weighted by Crippen LogP contribution is -2.52. The summed E-state index contributed by atoms with van der Waals surface area (Å²) in [4.78, 5) is 54.3. The van der Waals surface area contributed by atoms with E-state index in [4.69, 9.17) is 4.74 Å². The number of fused-ring (bicyclic) bond motifs is 1. The van der Waals surface area contributed by atoms with Gasteiger partial charge in [0.25, 0.3) is 5.91 Å². The monoisotopic (exact) mass is 446 g/mol. The van der Waals surface area contributed by atoms with Gasteiger partial charge in [0.15, 0.2) is 0 Å². The molecule has 0 bridgehead atoms. The number of imide groups is 1. The van der Waals surface area contributed by atoms with Crippen LogP contribution in [0.3, 0.4) is 0 Å². The molecule has 166 valence electrons. The molecule has 3 aromatic rings. The van der Waals surface area contributed by atoms with Crippen molar-refractivity contribution >= 4 is 23.7 Å². The smallest absolute Gasteiger partial charge is 0.356 e. The first kappa shape index (κ1) is 20.5. The van der Waals surface area contributed by atoms with Crippen LogP contribution >= 0.6 is 0 Å². The van der Waals surface area contributed by atoms with E-state index in [9.17, 15) is 19.2 Å². The Labute approximate surface area is 187 Å². The number of carbonyl (C=O) groups excluding carboxylic acids is 4. The predicted molar refractivity (Wildman–Crippen MR) is 112 cm³/mol. The summed E-state index contributed by atoms with van der Waals surface area (Å²) in [5, 5.41) is 10.6. The molecule has 33 heavy (non-hydrogen) atoms. The van der Waals surface area contributed by atoms with Gasteiger partial charge in [-0.25, -0.2) is 14.5 Å². The average Bonchev–Trinajstić information content (AvgIpc) is 3.44. The van der Waals surface area contributed by atoms with Crippen molar-refractivity contribution in [3.05, 3.63) is 59.4 Å². The van der Waals surface area contributed by atoms with Crippen LogP contribution in [-0.2, 0) is 20.9 Å². The lowest BCUT2D eigenvalue weighted by molar-refractivity contribution is -0.136. The number of hydrogen-bond acceptors (Lipinski definition) is 8. The second-order valence-corrected chi connectivity index (χ2v) is 7.65. The Bertz CT molecular complexity index is 1320. The number of hydrogen-bond donors (Lipinski definition) is 1. The zero-order valence-corrected chi connectivity index (χ0v) is 17.5. The zero-order valence-electron chi connectivity index (χ0n) is 17.5. The van der Waals surface area contributed by atoms with Crippen LogP contribution in [0.4, 0.5) is 0 Å². The lowest BCUT2D eigenvalue weighted by Gasteiger charge is -2.29. The van der Waals surface area contributed by atoms with Gasteiger partial charge >= 0.3 is 5.97 Å². The molecule has 0 aliphatic carbocycles. The number of pyridine rings is 1. The summed E-state index contributed by atoms with van der Waals surface area (Å²) in [7, 11) is 1.28. The van der Waals surface area contributed by atoms with Gasteiger partial charge in [0.2, 0.25) is 11.8 Å². The van der Waals surface area contributed by atoms with Crippen molar-refractivity contribution < 1.29 is 23.9 Å². The summed E-state index contributed by atoms with van der Waals surface area (Å²) < 4.78 is 6.24. The van der Waals surface area contributed by atoms with Crippen molar-refractivity contribution in [2.45, 2.75) is 25.4 Å². The van der Waals surface area contributed by atoms with Gasteiger partial charge in [-0.05, 0) is 30.7 Å². The van der Waals surface area contributed by atoms with Crippen LogP contribution in [0.1, 0.15) is 39.3 Å². The van der Waals surface area contributed by atoms with Crippen LogP contribution in [0.5, 0.6) is 0 Å². The van der Waals surface area contributed by atoms with Gasteiger partial charge in [0, 0.05) is 24.1 Å². The Morgan fingerprint density at radius 2 is 1.94 bits per heavy atom. The van der Waals surface area contributed by atoms with Gasteiger partial charge in [-0.2, -0.15) is 0 Å². The number of benzene rings is 1. The molecule has 1 saturated heterocycles. The van der Waals surface area contributed by atoms with E-state index in [1.54, 1.807) is 42.6 Å². The number of esters is 1. The summed E-state index contributed by atoms with van der Waals surface area (Å²) in [6.45, 7) is 0.210. The molecule has 11 heteroatoms. The van der Waals surface area contributed by atoms with Crippen LogP contribution in [-0.4, -0.2) is 61.7 Å². The summed E-state index contributed by atoms with van der Waals surface area (Å²) in [6.07, 6.45) is 2.13. The SMILES string of the molecule is COC(=O)c1cccc(-c2cn(-c3cccc4c3CN(C3CCC(=O)NC3=O)C4=O)nn2)n1. The molecule has 3 amide bonds. The van der Waals surface area contributed by atoms with E-state index in [2.05, 4.69) is 20.6 Å². The highest BCUT2D eigenvalue weighted by Crippen LogP contribution is 2.31. The van der Waals surface area contributed by atoms with Gasteiger partial charge in [-0.15, -0.1) is 5.10 Å². The fourth-order valence-electron chi connectivity index (χ4n) is 4.08. The summed E-state index contributed by atoms with van der Waals surface area (Å²) in [6, 6.07) is 9.45. The minimum Gasteiger partial charge on any atom is -0.464 e. The molecule has 11 nitrogen and oxygen atoms in total. The van der Waals surface area contributed by atoms with Gasteiger partial charge in [-0.1, -0.05) is 17.3 Å². The molecule has 0 saturated carbocycles. The summed E-state index contributed by atoms with van der Waals surface area (Å²) in [5.74, 6) is -1.62. The molecule has 2 aliphatic rings. The van der Waals surface area contributed by atoms with E-state index in [0.29, 0.717) is 28.2 Å². The normalized spacial score (nSPS) is 17.7. The average molecular weight is 446 g/mol. The second kappa shape index (κ2) is 7.93. The topological polar surface area (TPSA) is 136 Å². The first-order valence-electron chi connectivity index (χ1n) is 10.2. The molecular formula is C22H18N6O5. The molecular weight excluding hydrogens is 428 g/mol. The number of nitrogens with one attached hydrogen (secondary N) is 1. The highest BCUT2D eigenvalue weighted by Gasteiger charge is 2.40. The van der Waals surface area contributed by atoms with Gasteiger partial charge in [0.1, 0.15) is 17.4 Å². The van der Waals surface area contributed by atoms with E-state index in [1.165, 1.54) is 16.7 Å². The van der Waals surface area contributed by atoms with Crippen molar-refractivity contribution in [2.24, 2.45) is 0 Å². The largest absolute Gasteiger partial charge is 0.464 e. The Morgan fingerprint density at radius 3 is 2.73 bits per heavy atom. The first-order chi connectivity index (χ1) is 16.0. The number of methoxy groups -OCH3 is 1. The number of aromatic nitrogens is 4. The quantitative estimate of drug-likeness (QED) is 0.461. The molecule has 0 spiro atoms. The maximum absolute atomic E-state index is 13.0. The van der Waals surface area contributed by atoms with E-state index >= 15 is 0 Å².